The quantitative estimate of drug-likeness (QED) is 0.424. The second-order valence-corrected chi connectivity index (χ2v) is 6.53. The van der Waals surface area contributed by atoms with Crippen molar-refractivity contribution in [3.8, 4) is 5.75 Å². The van der Waals surface area contributed by atoms with Crippen LogP contribution in [0.25, 0.3) is 0 Å². The van der Waals surface area contributed by atoms with Crippen molar-refractivity contribution in [3.05, 3.63) is 65.5 Å². The average Bonchev–Trinajstić information content (AvgIpc) is 3.26. The van der Waals surface area contributed by atoms with Gasteiger partial charge in [-0.3, -0.25) is 9.59 Å². The summed E-state index contributed by atoms with van der Waals surface area (Å²) in [5.74, 6) is -1.23. The number of benzene rings is 2. The molecule has 2 amide bonds. The highest BCUT2D eigenvalue weighted by Crippen LogP contribution is 2.14. The Balaban J connectivity index is 1.40. The summed E-state index contributed by atoms with van der Waals surface area (Å²) >= 11 is 0. The first-order valence-electron chi connectivity index (χ1n) is 9.30. The minimum absolute atomic E-state index is 0.0287. The standard InChI is InChI=1S/C21H22FN3O4/c22-17-7-3-16(4-8-17)14-29-18-9-5-15(6-10-18)12-24-25-21(27)20(26)23-13-19-2-1-11-28-19/h3-10,12,19H,1-2,11,13-14H2,(H,23,26)(H,25,27)/b24-12-/t19-/m1/s1. The number of ether oxygens (including phenoxy) is 2. The van der Waals surface area contributed by atoms with Crippen LogP contribution in [-0.2, 0) is 20.9 Å². The number of amides is 2. The summed E-state index contributed by atoms with van der Waals surface area (Å²) in [5.41, 5.74) is 3.77. The fourth-order valence-electron chi connectivity index (χ4n) is 2.71. The minimum Gasteiger partial charge on any atom is -0.489 e. The molecule has 0 aromatic heterocycles. The third kappa shape index (κ3) is 6.69. The first-order chi connectivity index (χ1) is 14.1. The number of halogens is 1. The second kappa shape index (κ2) is 10.3. The monoisotopic (exact) mass is 399 g/mol. The van der Waals surface area contributed by atoms with E-state index in [9.17, 15) is 14.0 Å². The number of nitrogens with one attached hydrogen (secondary N) is 2. The van der Waals surface area contributed by atoms with Gasteiger partial charge in [0.15, 0.2) is 0 Å². The van der Waals surface area contributed by atoms with Gasteiger partial charge < -0.3 is 14.8 Å². The van der Waals surface area contributed by atoms with E-state index in [4.69, 9.17) is 9.47 Å². The number of hydrogen-bond donors (Lipinski definition) is 2. The van der Waals surface area contributed by atoms with E-state index in [0.717, 1.165) is 24.0 Å². The fourth-order valence-corrected chi connectivity index (χ4v) is 2.71. The maximum atomic E-state index is 12.9. The minimum atomic E-state index is -0.835. The van der Waals surface area contributed by atoms with E-state index in [0.29, 0.717) is 25.5 Å². The molecule has 1 fully saturated rings. The number of rotatable bonds is 7. The van der Waals surface area contributed by atoms with Crippen LogP contribution in [0.5, 0.6) is 5.75 Å². The van der Waals surface area contributed by atoms with E-state index in [1.165, 1.54) is 18.3 Å². The highest BCUT2D eigenvalue weighted by atomic mass is 19.1. The van der Waals surface area contributed by atoms with E-state index in [2.05, 4.69) is 15.8 Å². The third-order valence-electron chi connectivity index (χ3n) is 4.30. The Hall–Kier alpha value is -3.26. The molecule has 0 aliphatic carbocycles. The van der Waals surface area contributed by atoms with Crippen LogP contribution in [0, 0.1) is 5.82 Å². The van der Waals surface area contributed by atoms with Crippen molar-refractivity contribution in [1.29, 1.82) is 0 Å². The molecule has 8 heteroatoms. The van der Waals surface area contributed by atoms with Crippen LogP contribution < -0.4 is 15.5 Å². The number of hydrazone groups is 1. The number of carbonyl (C=O) groups is 2. The van der Waals surface area contributed by atoms with Crippen molar-refractivity contribution in [3.63, 3.8) is 0 Å². The van der Waals surface area contributed by atoms with Gasteiger partial charge in [0.1, 0.15) is 18.2 Å². The molecule has 2 N–H and O–H groups in total. The Morgan fingerprint density at radius 3 is 2.59 bits per heavy atom. The molecule has 2 aromatic carbocycles. The van der Waals surface area contributed by atoms with Gasteiger partial charge in [-0.25, -0.2) is 9.82 Å². The predicted octanol–water partition coefficient (Wildman–Crippen LogP) is 2.15. The van der Waals surface area contributed by atoms with Crippen LogP contribution in [0.4, 0.5) is 4.39 Å². The Bertz CT molecular complexity index is 847. The summed E-state index contributed by atoms with van der Waals surface area (Å²) in [6, 6.07) is 13.1. The highest BCUT2D eigenvalue weighted by Gasteiger charge is 2.18. The van der Waals surface area contributed by atoms with E-state index in [-0.39, 0.29) is 11.9 Å². The zero-order chi connectivity index (χ0) is 20.5. The molecule has 7 nitrogen and oxygen atoms in total. The first-order valence-corrected chi connectivity index (χ1v) is 9.30. The average molecular weight is 399 g/mol. The molecule has 152 valence electrons. The lowest BCUT2D eigenvalue weighted by atomic mass is 10.2. The lowest BCUT2D eigenvalue weighted by Gasteiger charge is -2.09. The molecule has 0 radical (unpaired) electrons. The molecule has 0 saturated carbocycles. The third-order valence-corrected chi connectivity index (χ3v) is 4.30. The van der Waals surface area contributed by atoms with Gasteiger partial charge in [-0.15, -0.1) is 0 Å². The molecule has 0 unspecified atom stereocenters. The van der Waals surface area contributed by atoms with Crippen molar-refractivity contribution in [1.82, 2.24) is 10.7 Å². The molecule has 0 spiro atoms. The van der Waals surface area contributed by atoms with E-state index in [1.54, 1.807) is 36.4 Å². The first kappa shape index (κ1) is 20.5. The maximum Gasteiger partial charge on any atom is 0.329 e. The van der Waals surface area contributed by atoms with Crippen LogP contribution >= 0.6 is 0 Å². The summed E-state index contributed by atoms with van der Waals surface area (Å²) in [7, 11) is 0. The molecule has 0 bridgehead atoms. The van der Waals surface area contributed by atoms with Crippen LogP contribution in [0.15, 0.2) is 53.6 Å². The summed E-state index contributed by atoms with van der Waals surface area (Å²) in [6.45, 7) is 1.33. The van der Waals surface area contributed by atoms with Crippen LogP contribution in [0.2, 0.25) is 0 Å². The summed E-state index contributed by atoms with van der Waals surface area (Å²) in [6.07, 6.45) is 3.24. The van der Waals surface area contributed by atoms with E-state index >= 15 is 0 Å². The Morgan fingerprint density at radius 1 is 1.14 bits per heavy atom. The molecule has 1 aliphatic rings. The number of nitrogens with zero attached hydrogens (tertiary/aromatic N) is 1. The van der Waals surface area contributed by atoms with Gasteiger partial charge in [0.25, 0.3) is 0 Å². The lowest BCUT2D eigenvalue weighted by Crippen LogP contribution is -2.41. The van der Waals surface area contributed by atoms with Gasteiger partial charge in [-0.05, 0) is 60.4 Å². The van der Waals surface area contributed by atoms with Gasteiger partial charge in [-0.1, -0.05) is 12.1 Å². The zero-order valence-corrected chi connectivity index (χ0v) is 15.8. The van der Waals surface area contributed by atoms with Gasteiger partial charge >= 0.3 is 11.8 Å². The molecule has 2 aromatic rings. The van der Waals surface area contributed by atoms with Crippen LogP contribution in [-0.4, -0.2) is 37.3 Å². The maximum absolute atomic E-state index is 12.9. The molecular weight excluding hydrogens is 377 g/mol. The molecule has 1 aliphatic heterocycles. The van der Waals surface area contributed by atoms with Crippen LogP contribution in [0.3, 0.4) is 0 Å². The molecular formula is C21H22FN3O4. The van der Waals surface area contributed by atoms with E-state index < -0.39 is 11.8 Å². The lowest BCUT2D eigenvalue weighted by molar-refractivity contribution is -0.139. The molecule has 1 atom stereocenters. The smallest absolute Gasteiger partial charge is 0.329 e. The molecule has 3 rings (SSSR count). The molecule has 29 heavy (non-hydrogen) atoms. The van der Waals surface area contributed by atoms with Gasteiger partial charge in [0, 0.05) is 13.2 Å². The topological polar surface area (TPSA) is 89.0 Å². The van der Waals surface area contributed by atoms with Crippen LogP contribution in [0.1, 0.15) is 24.0 Å². The van der Waals surface area contributed by atoms with Crippen molar-refractivity contribution in [2.24, 2.45) is 5.10 Å². The summed E-state index contributed by atoms with van der Waals surface area (Å²) < 4.78 is 23.9. The highest BCUT2D eigenvalue weighted by molar-refractivity contribution is 6.35. The van der Waals surface area contributed by atoms with E-state index in [1.807, 2.05) is 0 Å². The SMILES string of the molecule is O=C(NC[C@H]1CCCO1)C(=O)N/N=C\c1ccc(OCc2ccc(F)cc2)cc1. The van der Waals surface area contributed by atoms with Crippen molar-refractivity contribution in [2.75, 3.05) is 13.2 Å². The van der Waals surface area contributed by atoms with Crippen molar-refractivity contribution in [2.45, 2.75) is 25.6 Å². The molecule has 1 saturated heterocycles. The Morgan fingerprint density at radius 2 is 1.90 bits per heavy atom. The second-order valence-electron chi connectivity index (χ2n) is 6.53. The van der Waals surface area contributed by atoms with Gasteiger partial charge in [-0.2, -0.15) is 5.10 Å². The Kier molecular flexibility index (Phi) is 7.29. The fraction of sp³-hybridized carbons (Fsp3) is 0.286. The summed E-state index contributed by atoms with van der Waals surface area (Å²) in [5, 5.41) is 6.30. The van der Waals surface area contributed by atoms with Gasteiger partial charge in [0.2, 0.25) is 0 Å². The number of hydrogen-bond acceptors (Lipinski definition) is 5. The van der Waals surface area contributed by atoms with Crippen molar-refractivity contribution < 1.29 is 23.5 Å². The molecule has 1 heterocycles. The largest absolute Gasteiger partial charge is 0.489 e. The van der Waals surface area contributed by atoms with Crippen molar-refractivity contribution >= 4 is 18.0 Å². The zero-order valence-electron chi connectivity index (χ0n) is 15.8. The Labute approximate surface area is 167 Å². The normalized spacial score (nSPS) is 16.0. The summed E-state index contributed by atoms with van der Waals surface area (Å²) in [4.78, 5) is 23.4. The van der Waals surface area contributed by atoms with Gasteiger partial charge in [0.05, 0.1) is 12.3 Å². The number of carbonyl (C=O) groups excluding carboxylic acids is 2. The predicted molar refractivity (Wildman–Crippen MR) is 105 cm³/mol.